The number of carboxylic acids is 1. The van der Waals surface area contributed by atoms with Crippen molar-refractivity contribution in [1.82, 2.24) is 9.55 Å². The summed E-state index contributed by atoms with van der Waals surface area (Å²) in [6, 6.07) is 8.79. The predicted octanol–water partition coefficient (Wildman–Crippen LogP) is 5.54. The van der Waals surface area contributed by atoms with Crippen LogP contribution < -0.4 is 4.90 Å². The van der Waals surface area contributed by atoms with Gasteiger partial charge in [-0.25, -0.2) is 14.7 Å². The van der Waals surface area contributed by atoms with E-state index < -0.39 is 29.2 Å². The first-order valence-electron chi connectivity index (χ1n) is 9.20. The van der Waals surface area contributed by atoms with Crippen molar-refractivity contribution >= 4 is 46.7 Å². The standard InChI is InChI=1S/C21H14Cl2F3N3O3/c1-20(9-11-2-4-12(5-3-11)21(24,25)26)18(32)28(15-7-13(22)6-14(23)8-15)19-27-10-16(17(30)31)29(19)20/h2-8,10H,9H2,1H3,(H,30,31)/t20-/m1/s1. The fourth-order valence-electron chi connectivity index (χ4n) is 3.83. The Balaban J connectivity index is 1.82. The molecule has 1 aliphatic heterocycles. The van der Waals surface area contributed by atoms with E-state index in [1.165, 1.54) is 46.7 Å². The van der Waals surface area contributed by atoms with Crippen LogP contribution in [0.25, 0.3) is 0 Å². The van der Waals surface area contributed by atoms with E-state index in [-0.39, 0.29) is 33.8 Å². The van der Waals surface area contributed by atoms with Crippen LogP contribution in [0.15, 0.2) is 48.7 Å². The van der Waals surface area contributed by atoms with Gasteiger partial charge in [-0.15, -0.1) is 0 Å². The highest BCUT2D eigenvalue weighted by Gasteiger charge is 2.51. The second-order valence-corrected chi connectivity index (χ2v) is 8.37. The Morgan fingerprint density at radius 1 is 1.12 bits per heavy atom. The van der Waals surface area contributed by atoms with Gasteiger partial charge in [-0.3, -0.25) is 9.36 Å². The predicted molar refractivity (Wildman–Crippen MR) is 112 cm³/mol. The monoisotopic (exact) mass is 483 g/mol. The molecule has 1 aromatic heterocycles. The van der Waals surface area contributed by atoms with Gasteiger partial charge in [-0.1, -0.05) is 35.3 Å². The molecule has 6 nitrogen and oxygen atoms in total. The van der Waals surface area contributed by atoms with Crippen molar-refractivity contribution in [3.05, 3.63) is 75.5 Å². The number of halogens is 5. The number of imidazole rings is 1. The van der Waals surface area contributed by atoms with E-state index in [1.54, 1.807) is 0 Å². The molecule has 0 unspecified atom stereocenters. The molecule has 0 saturated carbocycles. The second kappa shape index (κ2) is 7.53. The van der Waals surface area contributed by atoms with Crippen LogP contribution in [0.1, 0.15) is 28.5 Å². The first-order chi connectivity index (χ1) is 14.9. The van der Waals surface area contributed by atoms with Gasteiger partial charge in [-0.2, -0.15) is 13.2 Å². The van der Waals surface area contributed by atoms with Crippen LogP contribution in [0.4, 0.5) is 24.8 Å². The Labute approximate surface area is 189 Å². The number of aromatic carboxylic acids is 1. The van der Waals surface area contributed by atoms with E-state index >= 15 is 0 Å². The Morgan fingerprint density at radius 3 is 2.25 bits per heavy atom. The Bertz CT molecular complexity index is 1220. The number of benzene rings is 2. The summed E-state index contributed by atoms with van der Waals surface area (Å²) in [7, 11) is 0. The third-order valence-electron chi connectivity index (χ3n) is 5.25. The highest BCUT2D eigenvalue weighted by atomic mass is 35.5. The van der Waals surface area contributed by atoms with Gasteiger partial charge in [0.25, 0.3) is 5.91 Å². The third-order valence-corrected chi connectivity index (χ3v) is 5.69. The molecule has 2 aromatic carbocycles. The number of fused-ring (bicyclic) bond motifs is 1. The van der Waals surface area contributed by atoms with Crippen molar-refractivity contribution in [2.24, 2.45) is 0 Å². The van der Waals surface area contributed by atoms with Gasteiger partial charge in [0.1, 0.15) is 11.2 Å². The average molecular weight is 484 g/mol. The molecule has 0 fully saturated rings. The topological polar surface area (TPSA) is 75.4 Å². The zero-order valence-corrected chi connectivity index (χ0v) is 17.8. The molecule has 0 bridgehead atoms. The summed E-state index contributed by atoms with van der Waals surface area (Å²) in [5, 5.41) is 10.2. The molecule has 3 aromatic rings. The second-order valence-electron chi connectivity index (χ2n) is 7.50. The maximum atomic E-state index is 13.6. The molecule has 1 atom stereocenters. The lowest BCUT2D eigenvalue weighted by Gasteiger charge is -2.26. The van der Waals surface area contributed by atoms with Gasteiger partial charge in [-0.05, 0) is 42.8 Å². The van der Waals surface area contributed by atoms with E-state index in [1.807, 2.05) is 0 Å². The molecule has 1 amide bonds. The number of amides is 1. The summed E-state index contributed by atoms with van der Waals surface area (Å²) in [4.78, 5) is 30.7. The Hall–Kier alpha value is -3.04. The van der Waals surface area contributed by atoms with Gasteiger partial charge in [0.15, 0.2) is 0 Å². The quantitative estimate of drug-likeness (QED) is 0.528. The molecular weight excluding hydrogens is 470 g/mol. The molecular formula is C21H14Cl2F3N3O3. The van der Waals surface area contributed by atoms with Crippen LogP contribution in [0, 0.1) is 0 Å². The molecule has 166 valence electrons. The average Bonchev–Trinajstić information content (AvgIpc) is 3.20. The molecule has 0 spiro atoms. The van der Waals surface area contributed by atoms with E-state index in [0.29, 0.717) is 5.56 Å². The Morgan fingerprint density at radius 2 is 1.72 bits per heavy atom. The minimum atomic E-state index is -4.50. The summed E-state index contributed by atoms with van der Waals surface area (Å²) in [6.07, 6.45) is -3.45. The lowest BCUT2D eigenvalue weighted by molar-refractivity contribution is -0.137. The van der Waals surface area contributed by atoms with Crippen molar-refractivity contribution in [2.75, 3.05) is 4.90 Å². The maximum Gasteiger partial charge on any atom is 0.416 e. The smallest absolute Gasteiger partial charge is 0.416 e. The normalized spacial score (nSPS) is 18.2. The van der Waals surface area contributed by atoms with Crippen molar-refractivity contribution in [3.8, 4) is 0 Å². The first-order valence-corrected chi connectivity index (χ1v) is 9.96. The minimum absolute atomic E-state index is 0.0418. The van der Waals surface area contributed by atoms with Gasteiger partial charge >= 0.3 is 12.1 Å². The largest absolute Gasteiger partial charge is 0.477 e. The van der Waals surface area contributed by atoms with Crippen molar-refractivity contribution < 1.29 is 27.9 Å². The molecule has 32 heavy (non-hydrogen) atoms. The highest BCUT2D eigenvalue weighted by molar-refractivity contribution is 6.35. The van der Waals surface area contributed by atoms with Crippen molar-refractivity contribution in [1.29, 1.82) is 0 Å². The van der Waals surface area contributed by atoms with Crippen LogP contribution in [0.5, 0.6) is 0 Å². The SMILES string of the molecule is C[C@@]1(Cc2ccc(C(F)(F)F)cc2)C(=O)N(c2cc(Cl)cc(Cl)c2)c2ncc(C(=O)O)n21. The number of nitrogens with zero attached hydrogens (tertiary/aromatic N) is 3. The fraction of sp³-hybridized carbons (Fsp3) is 0.190. The third kappa shape index (κ3) is 3.61. The number of hydrogen-bond acceptors (Lipinski definition) is 3. The lowest BCUT2D eigenvalue weighted by atomic mass is 9.91. The van der Waals surface area contributed by atoms with Crippen LogP contribution in [0.3, 0.4) is 0 Å². The number of aromatic nitrogens is 2. The van der Waals surface area contributed by atoms with Crippen LogP contribution in [0.2, 0.25) is 10.0 Å². The number of carbonyl (C=O) groups excluding carboxylic acids is 1. The van der Waals surface area contributed by atoms with Gasteiger partial charge in [0.05, 0.1) is 17.4 Å². The molecule has 1 N–H and O–H groups in total. The summed E-state index contributed by atoms with van der Waals surface area (Å²) in [5.41, 5.74) is -1.84. The molecule has 1 aliphatic rings. The van der Waals surface area contributed by atoms with E-state index in [0.717, 1.165) is 18.3 Å². The van der Waals surface area contributed by atoms with Crippen molar-refractivity contribution in [3.63, 3.8) is 0 Å². The van der Waals surface area contributed by atoms with Gasteiger partial charge in [0.2, 0.25) is 5.95 Å². The molecule has 4 rings (SSSR count). The highest BCUT2D eigenvalue weighted by Crippen LogP contribution is 2.43. The number of anilines is 2. The maximum absolute atomic E-state index is 13.6. The number of rotatable bonds is 4. The van der Waals surface area contributed by atoms with E-state index in [4.69, 9.17) is 23.2 Å². The minimum Gasteiger partial charge on any atom is -0.477 e. The summed E-state index contributed by atoms with van der Waals surface area (Å²) >= 11 is 12.2. The zero-order chi connectivity index (χ0) is 23.4. The fourth-order valence-corrected chi connectivity index (χ4v) is 4.34. The summed E-state index contributed by atoms with van der Waals surface area (Å²) in [5.74, 6) is -1.79. The first kappa shape index (κ1) is 22.2. The Kier molecular flexibility index (Phi) is 5.21. The molecule has 0 saturated heterocycles. The van der Waals surface area contributed by atoms with Gasteiger partial charge < -0.3 is 5.11 Å². The molecule has 0 radical (unpaired) electrons. The molecule has 0 aliphatic carbocycles. The van der Waals surface area contributed by atoms with Crippen LogP contribution >= 0.6 is 23.2 Å². The molecule has 11 heteroatoms. The van der Waals surface area contributed by atoms with Gasteiger partial charge in [0, 0.05) is 16.5 Å². The lowest BCUT2D eigenvalue weighted by Crippen LogP contribution is -2.42. The van der Waals surface area contributed by atoms with Crippen LogP contribution in [-0.2, 0) is 22.9 Å². The number of alkyl halides is 3. The van der Waals surface area contributed by atoms with E-state index in [9.17, 15) is 27.9 Å². The van der Waals surface area contributed by atoms with E-state index in [2.05, 4.69) is 4.98 Å². The summed E-state index contributed by atoms with van der Waals surface area (Å²) in [6.45, 7) is 1.51. The van der Waals surface area contributed by atoms with Crippen LogP contribution in [-0.4, -0.2) is 26.5 Å². The number of carbonyl (C=O) groups is 2. The number of hydrogen-bond donors (Lipinski definition) is 1. The molecule has 2 heterocycles. The summed E-state index contributed by atoms with van der Waals surface area (Å²) < 4.78 is 40.0. The zero-order valence-electron chi connectivity index (χ0n) is 16.3. The van der Waals surface area contributed by atoms with Crippen molar-refractivity contribution in [2.45, 2.75) is 25.1 Å². The number of carboxylic acid groups (broad SMARTS) is 1.